The van der Waals surface area contributed by atoms with Gasteiger partial charge in [0.1, 0.15) is 0 Å². The lowest BCUT2D eigenvalue weighted by molar-refractivity contribution is 0.102. The summed E-state index contributed by atoms with van der Waals surface area (Å²) in [6, 6.07) is 10.7. The SMILES string of the molecule is CSc1ccccc1C(=O)Nc1cc2c(cc1N)OCO2. The highest BCUT2D eigenvalue weighted by Gasteiger charge is 2.18. The molecule has 0 bridgehead atoms. The van der Waals surface area contributed by atoms with Crippen molar-refractivity contribution in [2.45, 2.75) is 4.90 Å². The van der Waals surface area contributed by atoms with Crippen molar-refractivity contribution in [2.75, 3.05) is 24.1 Å². The van der Waals surface area contributed by atoms with Crippen LogP contribution in [0.2, 0.25) is 0 Å². The van der Waals surface area contributed by atoms with E-state index in [1.54, 1.807) is 18.2 Å². The van der Waals surface area contributed by atoms with E-state index in [1.807, 2.05) is 24.5 Å². The largest absolute Gasteiger partial charge is 0.454 e. The number of nitrogen functional groups attached to an aromatic ring is 1. The van der Waals surface area contributed by atoms with E-state index in [0.717, 1.165) is 4.90 Å². The van der Waals surface area contributed by atoms with Crippen LogP contribution in [0.15, 0.2) is 41.3 Å². The first kappa shape index (κ1) is 13.6. The third-order valence-corrected chi connectivity index (χ3v) is 3.94. The molecule has 0 saturated heterocycles. The molecule has 0 aromatic heterocycles. The summed E-state index contributed by atoms with van der Waals surface area (Å²) in [4.78, 5) is 13.3. The minimum Gasteiger partial charge on any atom is -0.454 e. The topological polar surface area (TPSA) is 73.6 Å². The van der Waals surface area contributed by atoms with Crippen molar-refractivity contribution < 1.29 is 14.3 Å². The van der Waals surface area contributed by atoms with Gasteiger partial charge in [0.2, 0.25) is 6.79 Å². The van der Waals surface area contributed by atoms with Crippen molar-refractivity contribution in [3.8, 4) is 11.5 Å². The van der Waals surface area contributed by atoms with Gasteiger partial charge in [-0.1, -0.05) is 12.1 Å². The Balaban J connectivity index is 1.88. The van der Waals surface area contributed by atoms with Gasteiger partial charge in [-0.05, 0) is 18.4 Å². The molecule has 0 spiro atoms. The molecule has 5 nitrogen and oxygen atoms in total. The predicted octanol–water partition coefficient (Wildman–Crippen LogP) is 2.97. The Kier molecular flexibility index (Phi) is 3.62. The second-order valence-corrected chi connectivity index (χ2v) is 5.30. The van der Waals surface area contributed by atoms with Gasteiger partial charge >= 0.3 is 0 Å². The smallest absolute Gasteiger partial charge is 0.256 e. The zero-order valence-corrected chi connectivity index (χ0v) is 12.2. The number of hydrogen-bond acceptors (Lipinski definition) is 5. The molecule has 1 amide bonds. The molecule has 0 aliphatic carbocycles. The van der Waals surface area contributed by atoms with Crippen LogP contribution in [-0.4, -0.2) is 19.0 Å². The van der Waals surface area contributed by atoms with Gasteiger partial charge in [-0.3, -0.25) is 4.79 Å². The van der Waals surface area contributed by atoms with E-state index in [1.165, 1.54) is 11.8 Å². The fourth-order valence-electron chi connectivity index (χ4n) is 2.09. The molecule has 2 aromatic rings. The van der Waals surface area contributed by atoms with Crippen molar-refractivity contribution in [1.82, 2.24) is 0 Å². The number of carbonyl (C=O) groups is 1. The van der Waals surface area contributed by atoms with Crippen molar-refractivity contribution >= 4 is 29.0 Å². The molecule has 0 saturated carbocycles. The first-order valence-corrected chi connectivity index (χ1v) is 7.55. The highest BCUT2D eigenvalue weighted by molar-refractivity contribution is 7.98. The van der Waals surface area contributed by atoms with Crippen molar-refractivity contribution in [3.63, 3.8) is 0 Å². The van der Waals surface area contributed by atoms with Crippen LogP contribution in [0.5, 0.6) is 11.5 Å². The van der Waals surface area contributed by atoms with Crippen LogP contribution in [0.3, 0.4) is 0 Å². The molecule has 6 heteroatoms. The Morgan fingerprint density at radius 1 is 1.24 bits per heavy atom. The molecular weight excluding hydrogens is 288 g/mol. The Hall–Kier alpha value is -2.34. The lowest BCUT2D eigenvalue weighted by Crippen LogP contribution is -2.14. The van der Waals surface area contributed by atoms with Crippen LogP contribution in [0.4, 0.5) is 11.4 Å². The zero-order valence-electron chi connectivity index (χ0n) is 11.4. The summed E-state index contributed by atoms with van der Waals surface area (Å²) in [6.07, 6.45) is 1.93. The average Bonchev–Trinajstić information content (AvgIpc) is 2.94. The number of nitrogens with one attached hydrogen (secondary N) is 1. The quantitative estimate of drug-likeness (QED) is 0.673. The summed E-state index contributed by atoms with van der Waals surface area (Å²) < 4.78 is 10.5. The van der Waals surface area contributed by atoms with Crippen molar-refractivity contribution in [2.24, 2.45) is 0 Å². The number of amides is 1. The number of carbonyl (C=O) groups excluding carboxylic acids is 1. The molecule has 0 fully saturated rings. The number of hydrogen-bond donors (Lipinski definition) is 2. The van der Waals surface area contributed by atoms with E-state index in [-0.39, 0.29) is 12.7 Å². The van der Waals surface area contributed by atoms with Gasteiger partial charge in [0, 0.05) is 17.0 Å². The van der Waals surface area contributed by atoms with Crippen LogP contribution < -0.4 is 20.5 Å². The summed E-state index contributed by atoms with van der Waals surface area (Å²) in [5, 5.41) is 2.82. The van der Waals surface area contributed by atoms with Gasteiger partial charge in [-0.25, -0.2) is 0 Å². The first-order valence-electron chi connectivity index (χ1n) is 6.32. The molecule has 0 unspecified atom stereocenters. The van der Waals surface area contributed by atoms with Gasteiger partial charge in [-0.15, -0.1) is 11.8 Å². The number of thioether (sulfide) groups is 1. The van der Waals surface area contributed by atoms with Crippen LogP contribution in [0.25, 0.3) is 0 Å². The molecule has 1 heterocycles. The molecule has 1 aliphatic heterocycles. The number of fused-ring (bicyclic) bond motifs is 1. The third-order valence-electron chi connectivity index (χ3n) is 3.14. The molecule has 0 radical (unpaired) electrons. The van der Waals surface area contributed by atoms with E-state index < -0.39 is 0 Å². The molecule has 0 atom stereocenters. The lowest BCUT2D eigenvalue weighted by Gasteiger charge is -2.11. The maximum atomic E-state index is 12.4. The molecule has 1 aliphatic rings. The monoisotopic (exact) mass is 302 g/mol. The second-order valence-electron chi connectivity index (χ2n) is 4.45. The van der Waals surface area contributed by atoms with Crippen LogP contribution in [0.1, 0.15) is 10.4 Å². The second kappa shape index (κ2) is 5.57. The van der Waals surface area contributed by atoms with Crippen LogP contribution >= 0.6 is 11.8 Å². The summed E-state index contributed by atoms with van der Waals surface area (Å²) >= 11 is 1.52. The average molecular weight is 302 g/mol. The van der Waals surface area contributed by atoms with Gasteiger partial charge in [0.25, 0.3) is 5.91 Å². The fourth-order valence-corrected chi connectivity index (χ4v) is 2.68. The predicted molar refractivity (Wildman–Crippen MR) is 83.2 cm³/mol. The Bertz CT molecular complexity index is 703. The number of rotatable bonds is 3. The number of anilines is 2. The first-order chi connectivity index (χ1) is 10.2. The lowest BCUT2D eigenvalue weighted by atomic mass is 10.2. The van der Waals surface area contributed by atoms with Crippen LogP contribution in [0, 0.1) is 0 Å². The molecule has 108 valence electrons. The highest BCUT2D eigenvalue weighted by atomic mass is 32.2. The van der Waals surface area contributed by atoms with E-state index in [2.05, 4.69) is 5.32 Å². The minimum atomic E-state index is -0.203. The molecule has 3 rings (SSSR count). The summed E-state index contributed by atoms with van der Waals surface area (Å²) in [5.74, 6) is 0.971. The summed E-state index contributed by atoms with van der Waals surface area (Å²) in [5.41, 5.74) is 7.50. The van der Waals surface area contributed by atoms with Gasteiger partial charge in [-0.2, -0.15) is 0 Å². The van der Waals surface area contributed by atoms with Gasteiger partial charge < -0.3 is 20.5 Å². The summed E-state index contributed by atoms with van der Waals surface area (Å²) in [6.45, 7) is 0.168. The maximum Gasteiger partial charge on any atom is 0.256 e. The van der Waals surface area contributed by atoms with E-state index in [9.17, 15) is 4.79 Å². The minimum absolute atomic E-state index is 0.168. The number of nitrogens with two attached hydrogens (primary N) is 1. The molecule has 21 heavy (non-hydrogen) atoms. The molecular formula is C15H14N2O3S. The number of benzene rings is 2. The standard InChI is InChI=1S/C15H14N2O3S/c1-21-14-5-3-2-4-9(14)15(18)17-11-7-13-12(6-10(11)16)19-8-20-13/h2-7H,8,16H2,1H3,(H,17,18). The fraction of sp³-hybridized carbons (Fsp3) is 0.133. The zero-order chi connectivity index (χ0) is 14.8. The summed E-state index contributed by atoms with van der Waals surface area (Å²) in [7, 11) is 0. The molecule has 3 N–H and O–H groups in total. The third kappa shape index (κ3) is 2.62. The molecule has 2 aromatic carbocycles. The Morgan fingerprint density at radius 3 is 2.71 bits per heavy atom. The highest BCUT2D eigenvalue weighted by Crippen LogP contribution is 2.38. The van der Waals surface area contributed by atoms with E-state index in [4.69, 9.17) is 15.2 Å². The van der Waals surface area contributed by atoms with E-state index in [0.29, 0.717) is 28.4 Å². The Labute approximate surface area is 126 Å². The Morgan fingerprint density at radius 2 is 1.95 bits per heavy atom. The van der Waals surface area contributed by atoms with Gasteiger partial charge in [0.15, 0.2) is 11.5 Å². The van der Waals surface area contributed by atoms with Crippen LogP contribution in [-0.2, 0) is 0 Å². The normalized spacial score (nSPS) is 12.2. The van der Waals surface area contributed by atoms with Crippen molar-refractivity contribution in [1.29, 1.82) is 0 Å². The van der Waals surface area contributed by atoms with E-state index >= 15 is 0 Å². The van der Waals surface area contributed by atoms with Crippen molar-refractivity contribution in [3.05, 3.63) is 42.0 Å². The maximum absolute atomic E-state index is 12.4. The van der Waals surface area contributed by atoms with Gasteiger partial charge in [0.05, 0.1) is 16.9 Å². The number of ether oxygens (including phenoxy) is 2.